The fourth-order valence-corrected chi connectivity index (χ4v) is 4.40. The first-order valence-corrected chi connectivity index (χ1v) is 12.6. The monoisotopic (exact) mass is 377 g/mol. The zero-order chi connectivity index (χ0) is 19.8. The molecule has 0 bridgehead atoms. The summed E-state index contributed by atoms with van der Waals surface area (Å²) in [5.41, 5.74) is 4.64. The van der Waals surface area contributed by atoms with Crippen LogP contribution in [0.2, 0.25) is 18.1 Å². The van der Waals surface area contributed by atoms with Gasteiger partial charge < -0.3 is 4.43 Å². The molecule has 0 N–H and O–H groups in total. The first kappa shape index (κ1) is 19.8. The van der Waals surface area contributed by atoms with Crippen LogP contribution in [0.15, 0.2) is 54.7 Å². The van der Waals surface area contributed by atoms with Crippen molar-refractivity contribution in [3.63, 3.8) is 0 Å². The van der Waals surface area contributed by atoms with Gasteiger partial charge in [0.15, 0.2) is 8.32 Å². The van der Waals surface area contributed by atoms with Crippen molar-refractivity contribution in [1.29, 1.82) is 0 Å². The highest BCUT2D eigenvalue weighted by Crippen LogP contribution is 2.40. The fourth-order valence-electron chi connectivity index (χ4n) is 3.02. The van der Waals surface area contributed by atoms with Crippen LogP contribution >= 0.6 is 0 Å². The van der Waals surface area contributed by atoms with Gasteiger partial charge in [0, 0.05) is 17.5 Å². The third-order valence-electron chi connectivity index (χ3n) is 5.86. The number of hydrogen-bond donors (Lipinski definition) is 0. The van der Waals surface area contributed by atoms with Crippen LogP contribution in [0.3, 0.4) is 0 Å². The van der Waals surface area contributed by atoms with E-state index in [0.717, 1.165) is 11.3 Å². The van der Waals surface area contributed by atoms with Crippen molar-refractivity contribution in [2.45, 2.75) is 58.9 Å². The van der Waals surface area contributed by atoms with Crippen LogP contribution in [0.1, 0.15) is 45.1 Å². The highest BCUT2D eigenvalue weighted by molar-refractivity contribution is 6.74. The summed E-state index contributed by atoms with van der Waals surface area (Å²) in [6, 6.07) is 17.5. The van der Waals surface area contributed by atoms with E-state index in [1.165, 1.54) is 21.9 Å². The van der Waals surface area contributed by atoms with E-state index in [9.17, 15) is 0 Å². The van der Waals surface area contributed by atoms with Crippen molar-refractivity contribution in [3.8, 4) is 11.1 Å². The largest absolute Gasteiger partial charge is 0.410 e. The van der Waals surface area contributed by atoms with Crippen LogP contribution in [0.5, 0.6) is 0 Å². The van der Waals surface area contributed by atoms with E-state index in [1.54, 1.807) is 0 Å². The first-order valence-electron chi connectivity index (χ1n) is 9.71. The summed E-state index contributed by atoms with van der Waals surface area (Å²) in [4.78, 5) is 4.41. The van der Waals surface area contributed by atoms with Gasteiger partial charge >= 0.3 is 0 Å². The van der Waals surface area contributed by atoms with Crippen LogP contribution in [0.4, 0.5) is 0 Å². The van der Waals surface area contributed by atoms with Gasteiger partial charge in [0.2, 0.25) is 0 Å². The maximum absolute atomic E-state index is 6.57. The molecule has 3 rings (SSSR count). The standard InChI is InChI=1S/C24H31NOSi/c1-17-8-9-23(16-25-17)22-13-12-20-14-19(10-11-21(20)15-22)18(2)26-27(6,7)24(3,4)5/h8-16,18H,1-7H3. The topological polar surface area (TPSA) is 22.1 Å². The summed E-state index contributed by atoms with van der Waals surface area (Å²) < 4.78 is 6.57. The molecule has 2 aromatic carbocycles. The minimum Gasteiger partial charge on any atom is -0.410 e. The molecule has 0 radical (unpaired) electrons. The number of benzene rings is 2. The molecule has 0 aliphatic rings. The number of nitrogens with zero attached hydrogens (tertiary/aromatic N) is 1. The molecule has 27 heavy (non-hydrogen) atoms. The summed E-state index contributed by atoms with van der Waals surface area (Å²) in [6.45, 7) is 15.7. The SMILES string of the molecule is Cc1ccc(-c2ccc3cc(C(C)O[Si](C)(C)C(C)(C)C)ccc3c2)cn1. The van der Waals surface area contributed by atoms with Crippen molar-refractivity contribution in [1.82, 2.24) is 4.98 Å². The molecule has 0 saturated heterocycles. The first-order chi connectivity index (χ1) is 12.6. The lowest BCUT2D eigenvalue weighted by Crippen LogP contribution is -2.41. The summed E-state index contributed by atoms with van der Waals surface area (Å²) in [5, 5.41) is 2.72. The van der Waals surface area contributed by atoms with Gasteiger partial charge in [-0.05, 0) is 72.1 Å². The Bertz CT molecular complexity index is 939. The molecule has 0 fully saturated rings. The van der Waals surface area contributed by atoms with Gasteiger partial charge in [-0.15, -0.1) is 0 Å². The van der Waals surface area contributed by atoms with Gasteiger partial charge in [0.05, 0.1) is 6.10 Å². The number of aromatic nitrogens is 1. The minimum absolute atomic E-state index is 0.108. The molecular formula is C24H31NOSi. The average Bonchev–Trinajstić information content (AvgIpc) is 2.60. The van der Waals surface area contributed by atoms with Crippen LogP contribution < -0.4 is 0 Å². The number of rotatable bonds is 4. The Kier molecular flexibility index (Phi) is 5.28. The van der Waals surface area contributed by atoms with Crippen molar-refractivity contribution in [2.24, 2.45) is 0 Å². The molecule has 1 heterocycles. The Morgan fingerprint density at radius 3 is 2.15 bits per heavy atom. The lowest BCUT2D eigenvalue weighted by atomic mass is 9.99. The van der Waals surface area contributed by atoms with Gasteiger partial charge in [0.25, 0.3) is 0 Å². The predicted octanol–water partition coefficient (Wildman–Crippen LogP) is 7.29. The molecule has 0 amide bonds. The number of pyridine rings is 1. The maximum atomic E-state index is 6.57. The zero-order valence-electron chi connectivity index (χ0n) is 17.6. The summed E-state index contributed by atoms with van der Waals surface area (Å²) >= 11 is 0. The maximum Gasteiger partial charge on any atom is 0.192 e. The quantitative estimate of drug-likeness (QED) is 0.445. The highest BCUT2D eigenvalue weighted by atomic mass is 28.4. The second kappa shape index (κ2) is 7.21. The van der Waals surface area contributed by atoms with Crippen LogP contribution in [-0.2, 0) is 4.43 Å². The Hall–Kier alpha value is -1.97. The third-order valence-corrected chi connectivity index (χ3v) is 10.4. The zero-order valence-corrected chi connectivity index (χ0v) is 18.6. The van der Waals surface area contributed by atoms with Gasteiger partial charge in [-0.25, -0.2) is 0 Å². The van der Waals surface area contributed by atoms with E-state index >= 15 is 0 Å². The number of aryl methyl sites for hydroxylation is 1. The van der Waals surface area contributed by atoms with E-state index < -0.39 is 8.32 Å². The van der Waals surface area contributed by atoms with Crippen molar-refractivity contribution in [3.05, 3.63) is 66.0 Å². The molecule has 3 heteroatoms. The molecule has 0 spiro atoms. The van der Waals surface area contributed by atoms with E-state index in [2.05, 4.69) is 94.3 Å². The van der Waals surface area contributed by atoms with Crippen molar-refractivity contribution in [2.75, 3.05) is 0 Å². The minimum atomic E-state index is -1.78. The molecule has 142 valence electrons. The molecule has 1 unspecified atom stereocenters. The second-order valence-corrected chi connectivity index (χ2v) is 13.8. The number of hydrogen-bond acceptors (Lipinski definition) is 2. The highest BCUT2D eigenvalue weighted by Gasteiger charge is 2.38. The molecule has 1 aromatic heterocycles. The van der Waals surface area contributed by atoms with Crippen molar-refractivity contribution < 1.29 is 4.43 Å². The molecule has 0 aliphatic carbocycles. The van der Waals surface area contributed by atoms with Crippen LogP contribution in [0.25, 0.3) is 21.9 Å². The molecule has 3 aromatic rings. The summed E-state index contributed by atoms with van der Waals surface area (Å²) in [6.07, 6.45) is 2.05. The Morgan fingerprint density at radius 2 is 1.52 bits per heavy atom. The molecular weight excluding hydrogens is 346 g/mol. The van der Waals surface area contributed by atoms with E-state index in [4.69, 9.17) is 4.43 Å². The fraction of sp³-hybridized carbons (Fsp3) is 0.375. The molecule has 1 atom stereocenters. The Labute approximate surface area is 164 Å². The lowest BCUT2D eigenvalue weighted by molar-refractivity contribution is 0.203. The van der Waals surface area contributed by atoms with Crippen LogP contribution in [-0.4, -0.2) is 13.3 Å². The second-order valence-electron chi connectivity index (χ2n) is 9.03. The third kappa shape index (κ3) is 4.31. The number of fused-ring (bicyclic) bond motifs is 1. The van der Waals surface area contributed by atoms with E-state index in [0.29, 0.717) is 0 Å². The van der Waals surface area contributed by atoms with E-state index in [-0.39, 0.29) is 11.1 Å². The van der Waals surface area contributed by atoms with Crippen molar-refractivity contribution >= 4 is 19.1 Å². The van der Waals surface area contributed by atoms with Gasteiger partial charge in [-0.2, -0.15) is 0 Å². The van der Waals surface area contributed by atoms with Crippen LogP contribution in [0, 0.1) is 6.92 Å². The molecule has 0 saturated carbocycles. The Balaban J connectivity index is 1.88. The van der Waals surface area contributed by atoms with Gasteiger partial charge in [-0.3, -0.25) is 4.98 Å². The Morgan fingerprint density at radius 1 is 0.889 bits per heavy atom. The van der Waals surface area contributed by atoms with E-state index in [1.807, 2.05) is 13.1 Å². The smallest absolute Gasteiger partial charge is 0.192 e. The van der Waals surface area contributed by atoms with Gasteiger partial charge in [0.1, 0.15) is 0 Å². The predicted molar refractivity (Wildman–Crippen MR) is 119 cm³/mol. The normalized spacial score (nSPS) is 13.7. The lowest BCUT2D eigenvalue weighted by Gasteiger charge is -2.38. The summed E-state index contributed by atoms with van der Waals surface area (Å²) in [5.74, 6) is 0. The summed E-state index contributed by atoms with van der Waals surface area (Å²) in [7, 11) is -1.78. The molecule has 0 aliphatic heterocycles. The molecule has 2 nitrogen and oxygen atoms in total. The average molecular weight is 378 g/mol. The van der Waals surface area contributed by atoms with Gasteiger partial charge in [-0.1, -0.05) is 51.1 Å².